The van der Waals surface area contributed by atoms with Crippen LogP contribution in [0.2, 0.25) is 0 Å². The summed E-state index contributed by atoms with van der Waals surface area (Å²) >= 11 is 0. The second-order valence-electron chi connectivity index (χ2n) is 3.91. The third kappa shape index (κ3) is 3.02. The third-order valence-corrected chi connectivity index (χ3v) is 2.48. The van der Waals surface area contributed by atoms with Crippen molar-refractivity contribution in [3.8, 4) is 0 Å². The average molecular weight is 283 g/mol. The fourth-order valence-corrected chi connectivity index (χ4v) is 1.56. The highest BCUT2D eigenvalue weighted by Gasteiger charge is 2.18. The molecule has 1 N–H and O–H groups in total. The molecule has 0 radical (unpaired) electrons. The van der Waals surface area contributed by atoms with E-state index in [1.807, 2.05) is 0 Å². The zero-order valence-electron chi connectivity index (χ0n) is 9.94. The van der Waals surface area contributed by atoms with Crippen LogP contribution in [0.1, 0.15) is 5.56 Å². The number of hydrogen-bond acceptors (Lipinski definition) is 4. The number of nitrogens with zero attached hydrogens (tertiary/aromatic N) is 2. The predicted molar refractivity (Wildman–Crippen MR) is 64.5 cm³/mol. The van der Waals surface area contributed by atoms with Crippen LogP contribution in [-0.2, 0) is 6.54 Å². The molecule has 0 unspecified atom stereocenters. The number of pyridine rings is 1. The summed E-state index contributed by atoms with van der Waals surface area (Å²) in [6.45, 7) is -0.00106. The highest BCUT2D eigenvalue weighted by Crippen LogP contribution is 2.25. The summed E-state index contributed by atoms with van der Waals surface area (Å²) in [5, 5.41) is 12.9. The van der Waals surface area contributed by atoms with E-state index >= 15 is 0 Å². The second kappa shape index (κ2) is 5.55. The number of nitro benzene ring substituents is 1. The van der Waals surface area contributed by atoms with E-state index in [9.17, 15) is 23.3 Å². The van der Waals surface area contributed by atoms with Crippen molar-refractivity contribution in [3.05, 3.63) is 63.7 Å². The molecular formula is C12H8F3N3O2. The summed E-state index contributed by atoms with van der Waals surface area (Å²) in [4.78, 5) is 13.0. The maximum absolute atomic E-state index is 13.5. The average Bonchev–Trinajstić information content (AvgIpc) is 2.39. The van der Waals surface area contributed by atoms with Gasteiger partial charge in [0, 0.05) is 18.8 Å². The van der Waals surface area contributed by atoms with Gasteiger partial charge in [-0.25, -0.2) is 8.78 Å². The minimum Gasteiger partial charge on any atom is -0.378 e. The monoisotopic (exact) mass is 283 g/mol. The number of hydrogen-bond donors (Lipinski definition) is 1. The standard InChI is InChI=1S/C12H8F3N3O2/c13-8-1-7(4-16-6-8)5-17-11-2-10(15)12(18(19)20)3-9(11)14/h1-4,6,17H,5H2. The lowest BCUT2D eigenvalue weighted by atomic mass is 10.2. The molecular weight excluding hydrogens is 275 g/mol. The van der Waals surface area contributed by atoms with Gasteiger partial charge in [-0.15, -0.1) is 0 Å². The van der Waals surface area contributed by atoms with Crippen LogP contribution in [0, 0.1) is 27.6 Å². The summed E-state index contributed by atoms with van der Waals surface area (Å²) in [5.74, 6) is -2.68. The SMILES string of the molecule is O=[N+]([O-])c1cc(F)c(NCc2cncc(F)c2)cc1F. The molecule has 1 heterocycles. The molecule has 0 aliphatic rings. The summed E-state index contributed by atoms with van der Waals surface area (Å²) in [5.41, 5.74) is -0.777. The molecule has 2 rings (SSSR count). The topological polar surface area (TPSA) is 68.1 Å². The first-order chi connectivity index (χ1) is 9.47. The van der Waals surface area contributed by atoms with Gasteiger partial charge in [0.2, 0.25) is 5.82 Å². The molecule has 0 atom stereocenters. The minimum atomic E-state index is -1.16. The van der Waals surface area contributed by atoms with Gasteiger partial charge in [0.1, 0.15) is 5.82 Å². The van der Waals surface area contributed by atoms with Gasteiger partial charge in [0.25, 0.3) is 0 Å². The maximum atomic E-state index is 13.5. The molecule has 2 aromatic rings. The van der Waals surface area contributed by atoms with Gasteiger partial charge >= 0.3 is 5.69 Å². The van der Waals surface area contributed by atoms with Gasteiger partial charge in [-0.1, -0.05) is 0 Å². The van der Waals surface area contributed by atoms with Gasteiger partial charge in [-0.3, -0.25) is 15.1 Å². The number of aromatic nitrogens is 1. The van der Waals surface area contributed by atoms with E-state index in [-0.39, 0.29) is 12.2 Å². The highest BCUT2D eigenvalue weighted by atomic mass is 19.1. The number of benzene rings is 1. The smallest absolute Gasteiger partial charge is 0.307 e. The molecule has 0 amide bonds. The van der Waals surface area contributed by atoms with E-state index in [0.29, 0.717) is 17.7 Å². The van der Waals surface area contributed by atoms with Crippen molar-refractivity contribution < 1.29 is 18.1 Å². The molecule has 0 fully saturated rings. The van der Waals surface area contributed by atoms with Crippen LogP contribution >= 0.6 is 0 Å². The van der Waals surface area contributed by atoms with Crippen LogP contribution in [-0.4, -0.2) is 9.91 Å². The van der Waals surface area contributed by atoms with E-state index in [1.54, 1.807) is 0 Å². The summed E-state index contributed by atoms with van der Waals surface area (Å²) in [7, 11) is 0. The first-order valence-electron chi connectivity index (χ1n) is 5.44. The van der Waals surface area contributed by atoms with Gasteiger partial charge in [-0.05, 0) is 11.6 Å². The zero-order chi connectivity index (χ0) is 14.7. The van der Waals surface area contributed by atoms with Crippen molar-refractivity contribution in [2.75, 3.05) is 5.32 Å². The van der Waals surface area contributed by atoms with Gasteiger partial charge in [0.15, 0.2) is 5.82 Å². The van der Waals surface area contributed by atoms with Crippen LogP contribution in [0.4, 0.5) is 24.5 Å². The third-order valence-electron chi connectivity index (χ3n) is 2.48. The van der Waals surface area contributed by atoms with Gasteiger partial charge in [-0.2, -0.15) is 4.39 Å². The molecule has 0 aliphatic carbocycles. The normalized spacial score (nSPS) is 10.3. The van der Waals surface area contributed by atoms with Gasteiger partial charge < -0.3 is 5.32 Å². The fourth-order valence-electron chi connectivity index (χ4n) is 1.56. The second-order valence-corrected chi connectivity index (χ2v) is 3.91. The Labute approximate surface area is 111 Å². The van der Waals surface area contributed by atoms with Crippen LogP contribution in [0.5, 0.6) is 0 Å². The summed E-state index contributed by atoms with van der Waals surface area (Å²) in [6.07, 6.45) is 2.37. The Hall–Kier alpha value is -2.64. The lowest BCUT2D eigenvalue weighted by Crippen LogP contribution is -2.04. The molecule has 8 heteroatoms. The van der Waals surface area contributed by atoms with E-state index in [2.05, 4.69) is 10.3 Å². The lowest BCUT2D eigenvalue weighted by Gasteiger charge is -2.08. The molecule has 1 aromatic heterocycles. The van der Waals surface area contributed by atoms with Crippen molar-refractivity contribution in [3.63, 3.8) is 0 Å². The van der Waals surface area contributed by atoms with E-state index in [0.717, 1.165) is 6.20 Å². The van der Waals surface area contributed by atoms with Crippen LogP contribution < -0.4 is 5.32 Å². The fraction of sp³-hybridized carbons (Fsp3) is 0.0833. The van der Waals surface area contributed by atoms with Crippen molar-refractivity contribution in [2.45, 2.75) is 6.54 Å². The van der Waals surface area contributed by atoms with E-state index in [1.165, 1.54) is 12.3 Å². The van der Waals surface area contributed by atoms with Crippen LogP contribution in [0.3, 0.4) is 0 Å². The van der Waals surface area contributed by atoms with Gasteiger partial charge in [0.05, 0.1) is 22.9 Å². The quantitative estimate of drug-likeness (QED) is 0.691. The number of nitrogens with one attached hydrogen (secondary N) is 1. The first kappa shape index (κ1) is 13.8. The molecule has 0 aliphatic heterocycles. The molecule has 0 bridgehead atoms. The first-order valence-corrected chi connectivity index (χ1v) is 5.44. The molecule has 104 valence electrons. The number of rotatable bonds is 4. The number of anilines is 1. The molecule has 5 nitrogen and oxygen atoms in total. The van der Waals surface area contributed by atoms with E-state index in [4.69, 9.17) is 0 Å². The Kier molecular flexibility index (Phi) is 3.83. The Morgan fingerprint density at radius 3 is 2.55 bits per heavy atom. The van der Waals surface area contributed by atoms with Crippen molar-refractivity contribution in [1.29, 1.82) is 0 Å². The largest absolute Gasteiger partial charge is 0.378 e. The number of nitro groups is 1. The van der Waals surface area contributed by atoms with Crippen molar-refractivity contribution in [2.24, 2.45) is 0 Å². The molecule has 20 heavy (non-hydrogen) atoms. The zero-order valence-corrected chi connectivity index (χ0v) is 9.94. The van der Waals surface area contributed by atoms with E-state index < -0.39 is 28.1 Å². The van der Waals surface area contributed by atoms with Crippen molar-refractivity contribution in [1.82, 2.24) is 4.98 Å². The predicted octanol–water partition coefficient (Wildman–Crippen LogP) is 3.02. The number of halogens is 3. The molecule has 0 saturated heterocycles. The summed E-state index contributed by atoms with van der Waals surface area (Å²) in [6, 6.07) is 2.35. The maximum Gasteiger partial charge on any atom is 0.307 e. The van der Waals surface area contributed by atoms with Crippen LogP contribution in [0.15, 0.2) is 30.6 Å². The molecule has 0 saturated carbocycles. The molecule has 1 aromatic carbocycles. The Morgan fingerprint density at radius 2 is 1.90 bits per heavy atom. The Balaban J connectivity index is 2.18. The van der Waals surface area contributed by atoms with Crippen molar-refractivity contribution >= 4 is 11.4 Å². The highest BCUT2D eigenvalue weighted by molar-refractivity contribution is 5.51. The lowest BCUT2D eigenvalue weighted by molar-refractivity contribution is -0.387. The Bertz CT molecular complexity index is 664. The van der Waals surface area contributed by atoms with Crippen LogP contribution in [0.25, 0.3) is 0 Å². The summed E-state index contributed by atoms with van der Waals surface area (Å²) < 4.78 is 39.8. The molecule has 0 spiro atoms. The minimum absolute atomic E-state index is 0.00106. The Morgan fingerprint density at radius 1 is 1.15 bits per heavy atom.